The fraction of sp³-hybridized carbons (Fsp3) is 0.286. The molecule has 0 aliphatic carbocycles. The standard InChI is InChI=1S/C14H17N5/c1-3-12(18-14-16-5-2-6-17-14)11-13(4-1)19-9-7-15-8-10-19/h1-6,11,15H,7-10H2,(H,16,17,18). The summed E-state index contributed by atoms with van der Waals surface area (Å²) in [7, 11) is 0. The molecule has 2 aromatic rings. The molecule has 3 rings (SSSR count). The van der Waals surface area contributed by atoms with Crippen LogP contribution in [0, 0.1) is 0 Å². The van der Waals surface area contributed by atoms with Crippen molar-refractivity contribution in [2.24, 2.45) is 0 Å². The number of nitrogens with one attached hydrogen (secondary N) is 2. The lowest BCUT2D eigenvalue weighted by Crippen LogP contribution is -2.43. The van der Waals surface area contributed by atoms with Gasteiger partial charge in [0.2, 0.25) is 5.95 Å². The maximum atomic E-state index is 4.17. The molecular weight excluding hydrogens is 238 g/mol. The summed E-state index contributed by atoms with van der Waals surface area (Å²) in [6.07, 6.45) is 3.46. The average Bonchev–Trinajstić information content (AvgIpc) is 2.49. The van der Waals surface area contributed by atoms with Crippen LogP contribution < -0.4 is 15.5 Å². The van der Waals surface area contributed by atoms with Crippen molar-refractivity contribution in [2.45, 2.75) is 0 Å². The molecule has 1 aliphatic rings. The Morgan fingerprint density at radius 3 is 2.63 bits per heavy atom. The van der Waals surface area contributed by atoms with Gasteiger partial charge in [0.1, 0.15) is 0 Å². The number of hydrogen-bond acceptors (Lipinski definition) is 5. The van der Waals surface area contributed by atoms with Crippen LogP contribution in [0.25, 0.3) is 0 Å². The van der Waals surface area contributed by atoms with Crippen LogP contribution in [-0.2, 0) is 0 Å². The van der Waals surface area contributed by atoms with Gasteiger partial charge in [0.15, 0.2) is 0 Å². The third kappa shape index (κ3) is 3.00. The van der Waals surface area contributed by atoms with Gasteiger partial charge in [-0.05, 0) is 24.3 Å². The van der Waals surface area contributed by atoms with E-state index in [0.717, 1.165) is 31.9 Å². The van der Waals surface area contributed by atoms with Crippen LogP contribution in [0.3, 0.4) is 0 Å². The van der Waals surface area contributed by atoms with Crippen molar-refractivity contribution in [3.8, 4) is 0 Å². The van der Waals surface area contributed by atoms with Crippen LogP contribution in [-0.4, -0.2) is 36.1 Å². The Labute approximate surface area is 112 Å². The van der Waals surface area contributed by atoms with Gasteiger partial charge in [0, 0.05) is 49.9 Å². The Kier molecular flexibility index (Phi) is 3.56. The normalized spacial score (nSPS) is 15.3. The summed E-state index contributed by atoms with van der Waals surface area (Å²) in [5.41, 5.74) is 2.25. The molecular formula is C14H17N5. The van der Waals surface area contributed by atoms with Crippen molar-refractivity contribution >= 4 is 17.3 Å². The minimum Gasteiger partial charge on any atom is -0.369 e. The molecule has 1 fully saturated rings. The molecule has 0 amide bonds. The van der Waals surface area contributed by atoms with Gasteiger partial charge < -0.3 is 15.5 Å². The zero-order valence-corrected chi connectivity index (χ0v) is 10.7. The highest BCUT2D eigenvalue weighted by molar-refractivity contribution is 5.62. The van der Waals surface area contributed by atoms with E-state index in [4.69, 9.17) is 0 Å². The van der Waals surface area contributed by atoms with Crippen LogP contribution in [0.1, 0.15) is 0 Å². The Balaban J connectivity index is 1.76. The van der Waals surface area contributed by atoms with Gasteiger partial charge >= 0.3 is 0 Å². The Morgan fingerprint density at radius 2 is 1.84 bits per heavy atom. The van der Waals surface area contributed by atoms with E-state index in [1.54, 1.807) is 12.4 Å². The third-order valence-corrected chi connectivity index (χ3v) is 3.15. The van der Waals surface area contributed by atoms with E-state index in [9.17, 15) is 0 Å². The lowest BCUT2D eigenvalue weighted by atomic mass is 10.2. The van der Waals surface area contributed by atoms with E-state index in [0.29, 0.717) is 5.95 Å². The zero-order valence-electron chi connectivity index (χ0n) is 10.7. The van der Waals surface area contributed by atoms with E-state index in [1.165, 1.54) is 5.69 Å². The molecule has 1 saturated heterocycles. The number of piperazine rings is 1. The first-order valence-electron chi connectivity index (χ1n) is 6.51. The van der Waals surface area contributed by atoms with Gasteiger partial charge in [-0.1, -0.05) is 6.07 Å². The van der Waals surface area contributed by atoms with Gasteiger partial charge in [-0.2, -0.15) is 0 Å². The first kappa shape index (κ1) is 11.9. The lowest BCUT2D eigenvalue weighted by molar-refractivity contribution is 0.589. The first-order chi connectivity index (χ1) is 9.42. The number of hydrogen-bond donors (Lipinski definition) is 2. The van der Waals surface area contributed by atoms with Crippen molar-refractivity contribution in [1.29, 1.82) is 0 Å². The molecule has 0 bridgehead atoms. The monoisotopic (exact) mass is 255 g/mol. The second-order valence-corrected chi connectivity index (χ2v) is 4.48. The molecule has 0 unspecified atom stereocenters. The van der Waals surface area contributed by atoms with Crippen LogP contribution in [0.4, 0.5) is 17.3 Å². The Bertz CT molecular complexity index is 522. The van der Waals surface area contributed by atoms with Crippen molar-refractivity contribution in [3.05, 3.63) is 42.7 Å². The summed E-state index contributed by atoms with van der Waals surface area (Å²) in [6, 6.07) is 10.2. The smallest absolute Gasteiger partial charge is 0.227 e. The summed E-state index contributed by atoms with van der Waals surface area (Å²) in [5.74, 6) is 0.625. The second-order valence-electron chi connectivity index (χ2n) is 4.48. The predicted octanol–water partition coefficient (Wildman–Crippen LogP) is 1.63. The second kappa shape index (κ2) is 5.67. The highest BCUT2D eigenvalue weighted by atomic mass is 15.2. The largest absolute Gasteiger partial charge is 0.369 e. The lowest BCUT2D eigenvalue weighted by Gasteiger charge is -2.29. The summed E-state index contributed by atoms with van der Waals surface area (Å²) >= 11 is 0. The molecule has 19 heavy (non-hydrogen) atoms. The number of rotatable bonds is 3. The van der Waals surface area contributed by atoms with Crippen molar-refractivity contribution < 1.29 is 0 Å². The van der Waals surface area contributed by atoms with Gasteiger partial charge in [-0.25, -0.2) is 9.97 Å². The summed E-state index contributed by atoms with van der Waals surface area (Å²) in [5, 5.41) is 6.58. The molecule has 0 atom stereocenters. The zero-order chi connectivity index (χ0) is 12.9. The summed E-state index contributed by atoms with van der Waals surface area (Å²) in [4.78, 5) is 10.7. The van der Waals surface area contributed by atoms with Crippen molar-refractivity contribution in [2.75, 3.05) is 36.4 Å². The molecule has 1 aromatic heterocycles. The Morgan fingerprint density at radius 1 is 1.05 bits per heavy atom. The predicted molar refractivity (Wildman–Crippen MR) is 76.8 cm³/mol. The van der Waals surface area contributed by atoms with Crippen LogP contribution in [0.2, 0.25) is 0 Å². The fourth-order valence-corrected chi connectivity index (χ4v) is 2.20. The first-order valence-corrected chi connectivity index (χ1v) is 6.51. The van der Waals surface area contributed by atoms with E-state index in [1.807, 2.05) is 12.1 Å². The highest BCUT2D eigenvalue weighted by Crippen LogP contribution is 2.21. The number of benzene rings is 1. The summed E-state index contributed by atoms with van der Waals surface area (Å²) in [6.45, 7) is 4.18. The molecule has 5 nitrogen and oxygen atoms in total. The van der Waals surface area contributed by atoms with Gasteiger partial charge in [-0.3, -0.25) is 0 Å². The van der Waals surface area contributed by atoms with Gasteiger partial charge in [0.05, 0.1) is 0 Å². The maximum absolute atomic E-state index is 4.17. The molecule has 0 saturated carbocycles. The third-order valence-electron chi connectivity index (χ3n) is 3.15. The molecule has 0 spiro atoms. The quantitative estimate of drug-likeness (QED) is 0.873. The van der Waals surface area contributed by atoms with Crippen molar-refractivity contribution in [3.63, 3.8) is 0 Å². The molecule has 5 heteroatoms. The SMILES string of the molecule is c1cnc(Nc2cccc(N3CCNCC3)c2)nc1. The van der Waals surface area contributed by atoms with Crippen molar-refractivity contribution in [1.82, 2.24) is 15.3 Å². The minimum absolute atomic E-state index is 0.625. The van der Waals surface area contributed by atoms with E-state index in [-0.39, 0.29) is 0 Å². The van der Waals surface area contributed by atoms with Crippen LogP contribution >= 0.6 is 0 Å². The molecule has 2 heterocycles. The average molecular weight is 255 g/mol. The number of nitrogens with zero attached hydrogens (tertiary/aromatic N) is 3. The molecule has 0 radical (unpaired) electrons. The maximum Gasteiger partial charge on any atom is 0.227 e. The highest BCUT2D eigenvalue weighted by Gasteiger charge is 2.10. The van der Waals surface area contributed by atoms with Crippen LogP contribution in [0.15, 0.2) is 42.7 Å². The summed E-state index contributed by atoms with van der Waals surface area (Å²) < 4.78 is 0. The minimum atomic E-state index is 0.625. The molecule has 1 aliphatic heterocycles. The fourth-order valence-electron chi connectivity index (χ4n) is 2.20. The van der Waals surface area contributed by atoms with E-state index < -0.39 is 0 Å². The molecule has 1 aromatic carbocycles. The number of anilines is 3. The molecule has 2 N–H and O–H groups in total. The van der Waals surface area contributed by atoms with Gasteiger partial charge in [-0.15, -0.1) is 0 Å². The molecule has 98 valence electrons. The van der Waals surface area contributed by atoms with E-state index >= 15 is 0 Å². The number of aromatic nitrogens is 2. The van der Waals surface area contributed by atoms with Gasteiger partial charge in [0.25, 0.3) is 0 Å². The van der Waals surface area contributed by atoms with Crippen LogP contribution in [0.5, 0.6) is 0 Å². The topological polar surface area (TPSA) is 53.1 Å². The Hall–Kier alpha value is -2.14. The van der Waals surface area contributed by atoms with E-state index in [2.05, 4.69) is 43.7 Å².